The number of carbonyl (C=O) groups is 2. The number of amides is 2. The maximum Gasteiger partial charge on any atom is 0.224 e. The monoisotopic (exact) mass is 399 g/mol. The van der Waals surface area contributed by atoms with Crippen LogP contribution in [0.2, 0.25) is 0 Å². The van der Waals surface area contributed by atoms with Crippen molar-refractivity contribution < 1.29 is 28.2 Å². The normalized spacial score (nSPS) is 20.1. The standard InChI is InChI=1S/C17H25N3O6S/c1-19(2)27(25,26)11-12-9-20(10-15(12)22)17(24)7-6-16(23)18-13-4-3-5-14(21)8-13/h3-5,8,12,15,21-22H,6-7,9-11H2,1-2H3,(H,18,23)/t12-,15-/m0/s1. The molecule has 0 spiro atoms. The number of phenolic OH excluding ortho intramolecular Hbond substituents is 1. The molecule has 10 heteroatoms. The number of nitrogens with zero attached hydrogens (tertiary/aromatic N) is 2. The molecule has 3 N–H and O–H groups in total. The first-order valence-corrected chi connectivity index (χ1v) is 10.1. The molecule has 0 saturated carbocycles. The van der Waals surface area contributed by atoms with E-state index in [1.807, 2.05) is 0 Å². The van der Waals surface area contributed by atoms with Crippen LogP contribution in [0.1, 0.15) is 12.8 Å². The predicted molar refractivity (Wildman–Crippen MR) is 99.5 cm³/mol. The number of phenols is 1. The first kappa shape index (κ1) is 21.1. The largest absolute Gasteiger partial charge is 0.508 e. The number of rotatable bonds is 7. The van der Waals surface area contributed by atoms with Crippen molar-refractivity contribution in [3.05, 3.63) is 24.3 Å². The second kappa shape index (κ2) is 8.68. The Morgan fingerprint density at radius 2 is 1.96 bits per heavy atom. The lowest BCUT2D eigenvalue weighted by molar-refractivity contribution is -0.132. The molecular formula is C17H25N3O6S. The van der Waals surface area contributed by atoms with Crippen LogP contribution in [0.4, 0.5) is 5.69 Å². The summed E-state index contributed by atoms with van der Waals surface area (Å²) in [7, 11) is -0.634. The van der Waals surface area contributed by atoms with Crippen LogP contribution < -0.4 is 5.32 Å². The van der Waals surface area contributed by atoms with Crippen LogP contribution in [0.3, 0.4) is 0 Å². The Kier molecular flexibility index (Phi) is 6.79. The van der Waals surface area contributed by atoms with Gasteiger partial charge >= 0.3 is 0 Å². The minimum absolute atomic E-state index is 0.0219. The molecule has 1 aliphatic heterocycles. The number of nitrogens with one attached hydrogen (secondary N) is 1. The second-order valence-electron chi connectivity index (χ2n) is 6.79. The molecule has 2 amide bonds. The molecule has 0 radical (unpaired) electrons. The number of sulfonamides is 1. The summed E-state index contributed by atoms with van der Waals surface area (Å²) in [4.78, 5) is 25.6. The van der Waals surface area contributed by atoms with E-state index in [2.05, 4.69) is 5.32 Å². The van der Waals surface area contributed by atoms with Crippen molar-refractivity contribution in [2.45, 2.75) is 18.9 Å². The Hall–Kier alpha value is -2.17. The van der Waals surface area contributed by atoms with Gasteiger partial charge in [0.2, 0.25) is 21.8 Å². The fourth-order valence-corrected chi connectivity index (χ4v) is 3.99. The summed E-state index contributed by atoms with van der Waals surface area (Å²) >= 11 is 0. The molecule has 1 saturated heterocycles. The second-order valence-corrected chi connectivity index (χ2v) is 9.01. The summed E-state index contributed by atoms with van der Waals surface area (Å²) in [5, 5.41) is 22.0. The van der Waals surface area contributed by atoms with Gasteiger partial charge in [0.1, 0.15) is 5.75 Å². The molecule has 1 heterocycles. The number of β-amino-alcohol motifs (C(OH)–C–C–N with tert-alkyl or cyclic N) is 1. The summed E-state index contributed by atoms with van der Waals surface area (Å²) in [6.45, 7) is 0.196. The topological polar surface area (TPSA) is 127 Å². The van der Waals surface area contributed by atoms with Crippen LogP contribution in [0.25, 0.3) is 0 Å². The van der Waals surface area contributed by atoms with E-state index in [-0.39, 0.29) is 49.2 Å². The van der Waals surface area contributed by atoms with E-state index < -0.39 is 22.0 Å². The van der Waals surface area contributed by atoms with Crippen molar-refractivity contribution in [3.8, 4) is 5.75 Å². The Labute approximate surface area is 158 Å². The van der Waals surface area contributed by atoms with Crippen LogP contribution in [0.5, 0.6) is 5.75 Å². The van der Waals surface area contributed by atoms with Crippen LogP contribution in [-0.4, -0.2) is 78.7 Å². The Balaban J connectivity index is 1.83. The fourth-order valence-electron chi connectivity index (χ4n) is 2.83. The quantitative estimate of drug-likeness (QED) is 0.584. The highest BCUT2D eigenvalue weighted by Gasteiger charge is 2.37. The Morgan fingerprint density at radius 1 is 1.26 bits per heavy atom. The van der Waals surface area contributed by atoms with Gasteiger partial charge in [-0.05, 0) is 12.1 Å². The van der Waals surface area contributed by atoms with Gasteiger partial charge in [-0.2, -0.15) is 0 Å². The van der Waals surface area contributed by atoms with Crippen LogP contribution in [0.15, 0.2) is 24.3 Å². The van der Waals surface area contributed by atoms with Gasteiger partial charge in [0, 0.05) is 57.7 Å². The van der Waals surface area contributed by atoms with Crippen molar-refractivity contribution in [1.82, 2.24) is 9.21 Å². The van der Waals surface area contributed by atoms with Gasteiger partial charge in [-0.3, -0.25) is 9.59 Å². The summed E-state index contributed by atoms with van der Waals surface area (Å²) in [6.07, 6.45) is -1.02. The molecule has 1 aliphatic rings. The van der Waals surface area contributed by atoms with E-state index in [1.54, 1.807) is 12.1 Å². The average molecular weight is 399 g/mol. The maximum atomic E-state index is 12.3. The van der Waals surface area contributed by atoms with Gasteiger partial charge in [0.05, 0.1) is 11.9 Å². The number of likely N-dealkylation sites (tertiary alicyclic amines) is 1. The fraction of sp³-hybridized carbons (Fsp3) is 0.529. The Morgan fingerprint density at radius 3 is 2.59 bits per heavy atom. The molecule has 150 valence electrons. The molecule has 1 aromatic carbocycles. The SMILES string of the molecule is CN(C)S(=O)(=O)C[C@@H]1CN(C(=O)CCC(=O)Nc2cccc(O)c2)C[C@@H]1O. The van der Waals surface area contributed by atoms with Crippen molar-refractivity contribution in [1.29, 1.82) is 0 Å². The number of anilines is 1. The van der Waals surface area contributed by atoms with Crippen molar-refractivity contribution >= 4 is 27.5 Å². The molecule has 2 rings (SSSR count). The van der Waals surface area contributed by atoms with Gasteiger partial charge in [-0.25, -0.2) is 12.7 Å². The average Bonchev–Trinajstić information content (AvgIpc) is 2.93. The highest BCUT2D eigenvalue weighted by atomic mass is 32.2. The van der Waals surface area contributed by atoms with Gasteiger partial charge < -0.3 is 20.4 Å². The lowest BCUT2D eigenvalue weighted by Gasteiger charge is -2.18. The number of benzene rings is 1. The summed E-state index contributed by atoms with van der Waals surface area (Å²) < 4.78 is 25.0. The van der Waals surface area contributed by atoms with Crippen LogP contribution >= 0.6 is 0 Å². The first-order valence-electron chi connectivity index (χ1n) is 8.53. The highest BCUT2D eigenvalue weighted by Crippen LogP contribution is 2.21. The molecule has 0 unspecified atom stereocenters. The third-order valence-corrected chi connectivity index (χ3v) is 6.40. The zero-order chi connectivity index (χ0) is 20.2. The number of aliphatic hydroxyl groups excluding tert-OH is 1. The van der Waals surface area contributed by atoms with Gasteiger partial charge in [0.25, 0.3) is 0 Å². The van der Waals surface area contributed by atoms with Gasteiger partial charge in [0.15, 0.2) is 0 Å². The molecule has 2 atom stereocenters. The Bertz CT molecular complexity index is 796. The summed E-state index contributed by atoms with van der Waals surface area (Å²) in [5.74, 6) is -1.45. The van der Waals surface area contributed by atoms with Crippen LogP contribution in [0, 0.1) is 5.92 Å². The molecule has 27 heavy (non-hydrogen) atoms. The number of hydrogen-bond acceptors (Lipinski definition) is 6. The van der Waals surface area contributed by atoms with Crippen molar-refractivity contribution in [3.63, 3.8) is 0 Å². The van der Waals surface area contributed by atoms with E-state index in [4.69, 9.17) is 0 Å². The van der Waals surface area contributed by atoms with E-state index >= 15 is 0 Å². The molecular weight excluding hydrogens is 374 g/mol. The molecule has 0 aromatic heterocycles. The van der Waals surface area contributed by atoms with E-state index in [1.165, 1.54) is 31.1 Å². The maximum absolute atomic E-state index is 12.3. The van der Waals surface area contributed by atoms with E-state index in [0.717, 1.165) is 4.31 Å². The van der Waals surface area contributed by atoms with Crippen LogP contribution in [-0.2, 0) is 19.6 Å². The molecule has 0 bridgehead atoms. The zero-order valence-electron chi connectivity index (χ0n) is 15.3. The number of aromatic hydroxyl groups is 1. The van der Waals surface area contributed by atoms with Crippen molar-refractivity contribution in [2.75, 3.05) is 38.3 Å². The molecule has 1 aromatic rings. The first-order chi connectivity index (χ1) is 12.6. The van der Waals surface area contributed by atoms with E-state index in [9.17, 15) is 28.2 Å². The van der Waals surface area contributed by atoms with Gasteiger partial charge in [-0.15, -0.1) is 0 Å². The number of carbonyl (C=O) groups excluding carboxylic acids is 2. The van der Waals surface area contributed by atoms with Crippen molar-refractivity contribution in [2.24, 2.45) is 5.92 Å². The lowest BCUT2D eigenvalue weighted by Crippen LogP contribution is -2.33. The molecule has 1 fully saturated rings. The lowest BCUT2D eigenvalue weighted by atomic mass is 10.1. The third kappa shape index (κ3) is 5.91. The highest BCUT2D eigenvalue weighted by molar-refractivity contribution is 7.89. The summed E-state index contributed by atoms with van der Waals surface area (Å²) in [5.41, 5.74) is 0.429. The number of aliphatic hydroxyl groups is 1. The summed E-state index contributed by atoms with van der Waals surface area (Å²) in [6, 6.07) is 6.08. The number of hydrogen-bond donors (Lipinski definition) is 3. The minimum atomic E-state index is -3.48. The van der Waals surface area contributed by atoms with E-state index in [0.29, 0.717) is 5.69 Å². The minimum Gasteiger partial charge on any atom is -0.508 e. The molecule has 9 nitrogen and oxygen atoms in total. The zero-order valence-corrected chi connectivity index (χ0v) is 16.1. The molecule has 0 aliphatic carbocycles. The third-order valence-electron chi connectivity index (χ3n) is 4.44. The predicted octanol–water partition coefficient (Wildman–Crippen LogP) is -0.178. The van der Waals surface area contributed by atoms with Gasteiger partial charge in [-0.1, -0.05) is 6.07 Å². The smallest absolute Gasteiger partial charge is 0.224 e.